The Kier molecular flexibility index (Phi) is 4.55. The molecule has 2 aliphatic heterocycles. The third kappa shape index (κ3) is 3.75. The van der Waals surface area contributed by atoms with Crippen LogP contribution < -0.4 is 9.47 Å². The molecular formula is C19H20F2N2O2. The van der Waals surface area contributed by atoms with Crippen LogP contribution in [0.1, 0.15) is 11.1 Å². The number of nitrogens with zero attached hydrogens (tertiary/aromatic N) is 2. The topological polar surface area (TPSA) is 24.9 Å². The van der Waals surface area contributed by atoms with Gasteiger partial charge in [-0.05, 0) is 35.4 Å². The highest BCUT2D eigenvalue weighted by Crippen LogP contribution is 2.32. The predicted molar refractivity (Wildman–Crippen MR) is 89.5 cm³/mol. The van der Waals surface area contributed by atoms with Crippen molar-refractivity contribution in [3.05, 3.63) is 59.2 Å². The average Bonchev–Trinajstić information content (AvgIpc) is 3.08. The SMILES string of the molecule is Fc1ccc(CN2CCN(Cc3ccc4c(c3)OCO4)CC2)cc1F. The molecule has 2 aromatic rings. The maximum absolute atomic E-state index is 13.3. The summed E-state index contributed by atoms with van der Waals surface area (Å²) in [5.74, 6) is 0.0470. The van der Waals surface area contributed by atoms with E-state index < -0.39 is 11.6 Å². The van der Waals surface area contributed by atoms with E-state index in [1.165, 1.54) is 17.7 Å². The van der Waals surface area contributed by atoms with Crippen molar-refractivity contribution in [3.8, 4) is 11.5 Å². The number of rotatable bonds is 4. The molecule has 0 spiro atoms. The summed E-state index contributed by atoms with van der Waals surface area (Å²) >= 11 is 0. The molecule has 1 saturated heterocycles. The second-order valence-corrected chi connectivity index (χ2v) is 6.49. The summed E-state index contributed by atoms with van der Waals surface area (Å²) in [6, 6.07) is 10.2. The molecule has 0 N–H and O–H groups in total. The molecular weight excluding hydrogens is 326 g/mol. The zero-order valence-corrected chi connectivity index (χ0v) is 13.9. The molecule has 1 fully saturated rings. The van der Waals surface area contributed by atoms with Crippen molar-refractivity contribution >= 4 is 0 Å². The van der Waals surface area contributed by atoms with Crippen molar-refractivity contribution in [2.45, 2.75) is 13.1 Å². The van der Waals surface area contributed by atoms with E-state index in [9.17, 15) is 8.78 Å². The summed E-state index contributed by atoms with van der Waals surface area (Å²) in [4.78, 5) is 4.65. The van der Waals surface area contributed by atoms with Gasteiger partial charge in [-0.1, -0.05) is 12.1 Å². The molecule has 0 saturated carbocycles. The molecule has 0 radical (unpaired) electrons. The van der Waals surface area contributed by atoms with Crippen LogP contribution >= 0.6 is 0 Å². The van der Waals surface area contributed by atoms with E-state index in [4.69, 9.17) is 9.47 Å². The summed E-state index contributed by atoms with van der Waals surface area (Å²) < 4.78 is 37.1. The molecule has 0 atom stereocenters. The first kappa shape index (κ1) is 16.3. The van der Waals surface area contributed by atoms with Gasteiger partial charge in [0.1, 0.15) is 0 Å². The minimum atomic E-state index is -0.794. The summed E-state index contributed by atoms with van der Waals surface area (Å²) in [6.07, 6.45) is 0. The van der Waals surface area contributed by atoms with E-state index in [2.05, 4.69) is 15.9 Å². The number of fused-ring (bicyclic) bond motifs is 1. The molecule has 2 aromatic carbocycles. The summed E-state index contributed by atoms with van der Waals surface area (Å²) in [5.41, 5.74) is 2.02. The fourth-order valence-corrected chi connectivity index (χ4v) is 3.30. The molecule has 0 bridgehead atoms. The quantitative estimate of drug-likeness (QED) is 0.850. The van der Waals surface area contributed by atoms with E-state index in [1.54, 1.807) is 6.07 Å². The van der Waals surface area contributed by atoms with Gasteiger partial charge in [0.05, 0.1) is 0 Å². The van der Waals surface area contributed by atoms with Gasteiger partial charge in [0.2, 0.25) is 6.79 Å². The van der Waals surface area contributed by atoms with Crippen molar-refractivity contribution in [1.82, 2.24) is 9.80 Å². The van der Waals surface area contributed by atoms with Gasteiger partial charge in [-0.15, -0.1) is 0 Å². The third-order valence-corrected chi connectivity index (χ3v) is 4.70. The van der Waals surface area contributed by atoms with E-state index in [1.807, 2.05) is 12.1 Å². The highest BCUT2D eigenvalue weighted by atomic mass is 19.2. The molecule has 0 aliphatic carbocycles. The zero-order valence-electron chi connectivity index (χ0n) is 13.9. The summed E-state index contributed by atoms with van der Waals surface area (Å²) in [5, 5.41) is 0. The Hall–Kier alpha value is -2.18. The van der Waals surface area contributed by atoms with Crippen LogP contribution in [-0.2, 0) is 13.1 Å². The molecule has 25 heavy (non-hydrogen) atoms. The van der Waals surface area contributed by atoms with Crippen molar-refractivity contribution < 1.29 is 18.3 Å². The minimum Gasteiger partial charge on any atom is -0.454 e. The van der Waals surface area contributed by atoms with E-state index >= 15 is 0 Å². The maximum Gasteiger partial charge on any atom is 0.231 e. The van der Waals surface area contributed by atoms with Crippen molar-refractivity contribution in [2.75, 3.05) is 33.0 Å². The van der Waals surface area contributed by atoms with Crippen molar-refractivity contribution in [3.63, 3.8) is 0 Å². The van der Waals surface area contributed by atoms with Gasteiger partial charge in [-0.25, -0.2) is 8.78 Å². The van der Waals surface area contributed by atoms with Gasteiger partial charge < -0.3 is 9.47 Å². The van der Waals surface area contributed by atoms with Crippen LogP contribution in [0.25, 0.3) is 0 Å². The normalized spacial score (nSPS) is 17.8. The van der Waals surface area contributed by atoms with Gasteiger partial charge in [-0.2, -0.15) is 0 Å². The maximum atomic E-state index is 13.3. The molecule has 2 aliphatic rings. The van der Waals surface area contributed by atoms with Gasteiger partial charge >= 0.3 is 0 Å². The Morgan fingerprint density at radius 1 is 0.720 bits per heavy atom. The van der Waals surface area contributed by atoms with Crippen LogP contribution in [0.4, 0.5) is 8.78 Å². The van der Waals surface area contributed by atoms with Crippen LogP contribution in [0.5, 0.6) is 11.5 Å². The second kappa shape index (κ2) is 6.98. The molecule has 0 amide bonds. The molecule has 2 heterocycles. The first-order chi connectivity index (χ1) is 12.2. The Labute approximate surface area is 145 Å². The Morgan fingerprint density at radius 2 is 1.32 bits per heavy atom. The number of piperazine rings is 1. The third-order valence-electron chi connectivity index (χ3n) is 4.70. The number of benzene rings is 2. The van der Waals surface area contributed by atoms with Gasteiger partial charge in [-0.3, -0.25) is 9.80 Å². The van der Waals surface area contributed by atoms with Crippen LogP contribution in [0.3, 0.4) is 0 Å². The van der Waals surface area contributed by atoms with E-state index in [-0.39, 0.29) is 0 Å². The van der Waals surface area contributed by atoms with E-state index in [0.717, 1.165) is 49.8 Å². The first-order valence-electron chi connectivity index (χ1n) is 8.44. The Morgan fingerprint density at radius 3 is 2.00 bits per heavy atom. The predicted octanol–water partition coefficient (Wildman–Crippen LogP) is 3.01. The van der Waals surface area contributed by atoms with Crippen molar-refractivity contribution in [1.29, 1.82) is 0 Å². The lowest BCUT2D eigenvalue weighted by atomic mass is 10.1. The average molecular weight is 346 g/mol. The highest BCUT2D eigenvalue weighted by molar-refractivity contribution is 5.44. The van der Waals surface area contributed by atoms with Gasteiger partial charge in [0.25, 0.3) is 0 Å². The van der Waals surface area contributed by atoms with Crippen LogP contribution in [-0.4, -0.2) is 42.8 Å². The van der Waals surface area contributed by atoms with Crippen LogP contribution in [0, 0.1) is 11.6 Å². The molecule has 4 nitrogen and oxygen atoms in total. The summed E-state index contributed by atoms with van der Waals surface area (Å²) in [7, 11) is 0. The van der Waals surface area contributed by atoms with Crippen molar-refractivity contribution in [2.24, 2.45) is 0 Å². The fraction of sp³-hybridized carbons (Fsp3) is 0.368. The number of hydrogen-bond acceptors (Lipinski definition) is 4. The number of hydrogen-bond donors (Lipinski definition) is 0. The molecule has 4 rings (SSSR count). The zero-order chi connectivity index (χ0) is 17.2. The largest absolute Gasteiger partial charge is 0.454 e. The lowest BCUT2D eigenvalue weighted by molar-refractivity contribution is 0.122. The van der Waals surface area contributed by atoms with Gasteiger partial charge in [0.15, 0.2) is 23.1 Å². The highest BCUT2D eigenvalue weighted by Gasteiger charge is 2.19. The molecule has 132 valence electrons. The minimum absolute atomic E-state index is 0.293. The van der Waals surface area contributed by atoms with Crippen LogP contribution in [0.2, 0.25) is 0 Å². The number of ether oxygens (including phenoxy) is 2. The monoisotopic (exact) mass is 346 g/mol. The Bertz CT molecular complexity index is 761. The Balaban J connectivity index is 1.30. The van der Waals surface area contributed by atoms with Crippen LogP contribution in [0.15, 0.2) is 36.4 Å². The lowest BCUT2D eigenvalue weighted by Crippen LogP contribution is -2.45. The molecule has 0 aromatic heterocycles. The second-order valence-electron chi connectivity index (χ2n) is 6.49. The molecule has 6 heteroatoms. The van der Waals surface area contributed by atoms with E-state index in [0.29, 0.717) is 13.3 Å². The number of halogens is 2. The lowest BCUT2D eigenvalue weighted by Gasteiger charge is -2.34. The summed E-state index contributed by atoms with van der Waals surface area (Å²) in [6.45, 7) is 5.51. The standard InChI is InChI=1S/C19H20F2N2O2/c20-16-3-1-14(9-17(16)21)11-22-5-7-23(8-6-22)12-15-2-4-18-19(10-15)25-13-24-18/h1-4,9-10H,5-8,11-13H2. The fourth-order valence-electron chi connectivity index (χ4n) is 3.30. The first-order valence-corrected chi connectivity index (χ1v) is 8.44. The van der Waals surface area contributed by atoms with Gasteiger partial charge in [0, 0.05) is 39.3 Å². The molecule has 0 unspecified atom stereocenters. The smallest absolute Gasteiger partial charge is 0.231 e.